The van der Waals surface area contributed by atoms with Gasteiger partial charge in [0, 0.05) is 6.04 Å². The number of hydroxylamine groups is 2. The van der Waals surface area contributed by atoms with E-state index in [-0.39, 0.29) is 0 Å². The molecule has 2 heterocycles. The normalized spacial score (nSPS) is 44.2. The molecule has 3 rings (SSSR count). The van der Waals surface area contributed by atoms with Gasteiger partial charge in [0.05, 0.1) is 0 Å². The Morgan fingerprint density at radius 3 is 2.70 bits per heavy atom. The molecule has 0 aromatic rings. The number of fused-ring (bicyclic) bond motifs is 1. The number of rotatable bonds is 2. The first-order valence-electron chi connectivity index (χ1n) is 8.79. The third-order valence-electron chi connectivity index (χ3n) is 6.21. The Balaban J connectivity index is 1.67. The Hall–Kier alpha value is -0.120. The Kier molecular flexibility index (Phi) is 4.68. The van der Waals surface area contributed by atoms with E-state index >= 15 is 0 Å². The van der Waals surface area contributed by atoms with Gasteiger partial charge in [-0.05, 0) is 88.9 Å². The monoisotopic (exact) mass is 279 g/mol. The van der Waals surface area contributed by atoms with E-state index in [0.29, 0.717) is 6.04 Å². The van der Waals surface area contributed by atoms with E-state index in [0.717, 1.165) is 43.2 Å². The maximum absolute atomic E-state index is 12.1. The fraction of sp³-hybridized carbons (Fsp3) is 1.00. The van der Waals surface area contributed by atoms with Gasteiger partial charge in [-0.1, -0.05) is 13.3 Å². The molecule has 0 amide bonds. The van der Waals surface area contributed by atoms with Crippen molar-refractivity contribution in [3.05, 3.63) is 5.21 Å². The highest BCUT2D eigenvalue weighted by atomic mass is 16.5. The Bertz CT molecular complexity index is 322. The predicted molar refractivity (Wildman–Crippen MR) is 83.4 cm³/mol. The van der Waals surface area contributed by atoms with E-state index in [1.54, 1.807) is 0 Å². The molecule has 3 aliphatic rings. The topological polar surface area (TPSA) is 29.5 Å². The second kappa shape index (κ2) is 6.33. The van der Waals surface area contributed by atoms with E-state index in [9.17, 15) is 5.21 Å². The molecule has 0 aromatic heterocycles. The molecule has 0 aromatic carbocycles. The standard InChI is InChI=1S/C17H31N2O/c1-13-10-14(12-15-6-3-4-9-19(15)20)16-7-5-8-18(2)17(16)11-13/h13-17H,3-12H2,1-2H3/q-1/t13-,14-,15?,16+,17-/m0/s1. The van der Waals surface area contributed by atoms with Gasteiger partial charge in [0.25, 0.3) is 0 Å². The van der Waals surface area contributed by atoms with E-state index in [1.807, 2.05) is 0 Å². The van der Waals surface area contributed by atoms with Gasteiger partial charge < -0.3 is 15.2 Å². The molecule has 20 heavy (non-hydrogen) atoms. The van der Waals surface area contributed by atoms with Gasteiger partial charge in [-0.2, -0.15) is 0 Å². The van der Waals surface area contributed by atoms with Gasteiger partial charge in [0.1, 0.15) is 0 Å². The Morgan fingerprint density at radius 2 is 1.90 bits per heavy atom. The van der Waals surface area contributed by atoms with Gasteiger partial charge in [-0.25, -0.2) is 0 Å². The van der Waals surface area contributed by atoms with Crippen molar-refractivity contribution in [2.24, 2.45) is 17.8 Å². The molecular formula is C17H31N2O-. The van der Waals surface area contributed by atoms with Crippen LogP contribution in [-0.4, -0.2) is 42.2 Å². The summed E-state index contributed by atoms with van der Waals surface area (Å²) in [7, 11) is 2.31. The van der Waals surface area contributed by atoms with Crippen LogP contribution in [-0.2, 0) is 0 Å². The van der Waals surface area contributed by atoms with Crippen molar-refractivity contribution >= 4 is 0 Å². The Labute approximate surface area is 124 Å². The number of likely N-dealkylation sites (tertiary alicyclic amines) is 1. The molecule has 116 valence electrons. The molecule has 1 aliphatic carbocycles. The summed E-state index contributed by atoms with van der Waals surface area (Å²) in [6, 6.07) is 1.12. The quantitative estimate of drug-likeness (QED) is 0.775. The van der Waals surface area contributed by atoms with E-state index < -0.39 is 0 Å². The van der Waals surface area contributed by atoms with Crippen molar-refractivity contribution in [2.45, 2.75) is 70.4 Å². The van der Waals surface area contributed by atoms with Crippen molar-refractivity contribution in [3.63, 3.8) is 0 Å². The molecule has 3 fully saturated rings. The van der Waals surface area contributed by atoms with Crippen molar-refractivity contribution in [1.29, 1.82) is 0 Å². The van der Waals surface area contributed by atoms with Crippen LogP contribution in [0, 0.1) is 23.0 Å². The van der Waals surface area contributed by atoms with E-state index in [4.69, 9.17) is 0 Å². The summed E-state index contributed by atoms with van der Waals surface area (Å²) in [5.74, 6) is 2.50. The molecule has 3 heteroatoms. The van der Waals surface area contributed by atoms with Gasteiger partial charge >= 0.3 is 0 Å². The predicted octanol–water partition coefficient (Wildman–Crippen LogP) is 3.49. The second-order valence-electron chi connectivity index (χ2n) is 7.72. The molecular weight excluding hydrogens is 248 g/mol. The number of piperidine rings is 2. The first kappa shape index (κ1) is 14.8. The molecule has 0 bridgehead atoms. The highest BCUT2D eigenvalue weighted by Gasteiger charge is 2.40. The molecule has 0 N–H and O–H groups in total. The summed E-state index contributed by atoms with van der Waals surface area (Å²) in [5.41, 5.74) is 0. The minimum Gasteiger partial charge on any atom is -0.785 e. The zero-order valence-corrected chi connectivity index (χ0v) is 13.3. The Morgan fingerprint density at radius 1 is 1.05 bits per heavy atom. The summed E-state index contributed by atoms with van der Waals surface area (Å²) in [5, 5.41) is 13.5. The summed E-state index contributed by atoms with van der Waals surface area (Å²) < 4.78 is 0. The van der Waals surface area contributed by atoms with Crippen LogP contribution in [0.1, 0.15) is 58.3 Å². The fourth-order valence-corrected chi connectivity index (χ4v) is 5.20. The maximum atomic E-state index is 12.1. The van der Waals surface area contributed by atoms with Crippen molar-refractivity contribution in [3.8, 4) is 0 Å². The molecule has 2 saturated heterocycles. The highest BCUT2D eigenvalue weighted by molar-refractivity contribution is 4.94. The van der Waals surface area contributed by atoms with E-state index in [2.05, 4.69) is 18.9 Å². The molecule has 1 unspecified atom stereocenters. The van der Waals surface area contributed by atoms with Crippen molar-refractivity contribution < 1.29 is 0 Å². The highest BCUT2D eigenvalue weighted by Crippen LogP contribution is 2.44. The summed E-state index contributed by atoms with van der Waals surface area (Å²) in [4.78, 5) is 2.60. The number of hydrogen-bond donors (Lipinski definition) is 0. The average molecular weight is 279 g/mol. The first-order chi connectivity index (χ1) is 9.65. The molecule has 1 saturated carbocycles. The van der Waals surface area contributed by atoms with Crippen LogP contribution in [0.15, 0.2) is 0 Å². The SMILES string of the molecule is C[C@H]1C[C@@H](CC2CCCCN2[O-])[C@H]2CCCN(C)[C@H]2C1. The molecule has 5 atom stereocenters. The smallest absolute Gasteiger partial charge is 0.0126 e. The van der Waals surface area contributed by atoms with Gasteiger partial charge in [0.2, 0.25) is 0 Å². The third-order valence-corrected chi connectivity index (χ3v) is 6.21. The lowest BCUT2D eigenvalue weighted by molar-refractivity contribution is 0.00774. The van der Waals surface area contributed by atoms with Gasteiger partial charge in [-0.3, -0.25) is 0 Å². The molecule has 3 nitrogen and oxygen atoms in total. The lowest BCUT2D eigenvalue weighted by Gasteiger charge is -2.51. The minimum atomic E-state index is 0.326. The van der Waals surface area contributed by atoms with Crippen molar-refractivity contribution in [1.82, 2.24) is 9.96 Å². The maximum Gasteiger partial charge on any atom is 0.0126 e. The first-order valence-corrected chi connectivity index (χ1v) is 8.79. The van der Waals surface area contributed by atoms with Gasteiger partial charge in [-0.15, -0.1) is 0 Å². The van der Waals surface area contributed by atoms with Crippen LogP contribution in [0.5, 0.6) is 0 Å². The summed E-state index contributed by atoms with van der Waals surface area (Å²) in [6.45, 7) is 4.47. The molecule has 0 radical (unpaired) electrons. The van der Waals surface area contributed by atoms with Crippen LogP contribution >= 0.6 is 0 Å². The zero-order valence-electron chi connectivity index (χ0n) is 13.3. The third kappa shape index (κ3) is 3.05. The number of nitrogens with zero attached hydrogens (tertiary/aromatic N) is 2. The zero-order chi connectivity index (χ0) is 14.1. The van der Waals surface area contributed by atoms with Crippen LogP contribution in [0.2, 0.25) is 0 Å². The molecule has 0 spiro atoms. The van der Waals surface area contributed by atoms with Crippen LogP contribution in [0.4, 0.5) is 0 Å². The van der Waals surface area contributed by atoms with Crippen molar-refractivity contribution in [2.75, 3.05) is 20.1 Å². The summed E-state index contributed by atoms with van der Waals surface area (Å²) >= 11 is 0. The van der Waals surface area contributed by atoms with Crippen LogP contribution < -0.4 is 0 Å². The minimum absolute atomic E-state index is 0.326. The molecule has 2 aliphatic heterocycles. The average Bonchev–Trinajstić information content (AvgIpc) is 2.42. The largest absolute Gasteiger partial charge is 0.785 e. The second-order valence-corrected chi connectivity index (χ2v) is 7.72. The lowest BCUT2D eigenvalue weighted by Crippen LogP contribution is -2.50. The summed E-state index contributed by atoms with van der Waals surface area (Å²) in [6.07, 6.45) is 10.2. The van der Waals surface area contributed by atoms with Gasteiger partial charge in [0.15, 0.2) is 0 Å². The van der Waals surface area contributed by atoms with E-state index in [1.165, 1.54) is 50.1 Å². The fourth-order valence-electron chi connectivity index (χ4n) is 5.20. The lowest BCUT2D eigenvalue weighted by atomic mass is 9.66. The number of hydrogen-bond acceptors (Lipinski definition) is 3. The van der Waals surface area contributed by atoms with Crippen LogP contribution in [0.25, 0.3) is 0 Å². The van der Waals surface area contributed by atoms with Crippen LogP contribution in [0.3, 0.4) is 0 Å².